The summed E-state index contributed by atoms with van der Waals surface area (Å²) in [5, 5.41) is 16.2. The topological polar surface area (TPSA) is 95.4 Å². The number of nitrogens with zero attached hydrogens (tertiary/aromatic N) is 2. The predicted octanol–water partition coefficient (Wildman–Crippen LogP) is 11.1. The second kappa shape index (κ2) is 23.5. The van der Waals surface area contributed by atoms with Gasteiger partial charge in [-0.2, -0.15) is 0 Å². The van der Waals surface area contributed by atoms with Gasteiger partial charge in [0.05, 0.1) is 29.9 Å². The summed E-state index contributed by atoms with van der Waals surface area (Å²) in [6.07, 6.45) is 21.6. The Hall–Kier alpha value is -4.00. The molecule has 0 aliphatic rings. The highest BCUT2D eigenvalue weighted by Gasteiger charge is 2.13. The van der Waals surface area contributed by atoms with E-state index < -0.39 is 0 Å². The van der Waals surface area contributed by atoms with E-state index in [1.807, 2.05) is 18.0 Å². The van der Waals surface area contributed by atoms with Crippen molar-refractivity contribution in [3.8, 4) is 0 Å². The monoisotopic (exact) mass is 708 g/mol. The first kappa shape index (κ1) is 40.8. The van der Waals surface area contributed by atoms with Crippen molar-refractivity contribution >= 4 is 50.3 Å². The Morgan fingerprint density at radius 2 is 1.33 bits per heavy atom. The third-order valence-corrected chi connectivity index (χ3v) is 10.3. The summed E-state index contributed by atoms with van der Waals surface area (Å²) in [7, 11) is 1.96. The summed E-state index contributed by atoms with van der Waals surface area (Å²) >= 11 is 0. The molecule has 0 spiro atoms. The third-order valence-electron chi connectivity index (χ3n) is 10.3. The van der Waals surface area contributed by atoms with Crippen LogP contribution in [0.3, 0.4) is 0 Å². The van der Waals surface area contributed by atoms with Gasteiger partial charge in [0.25, 0.3) is 0 Å². The average molecular weight is 709 g/mol. The number of aromatic nitrogens is 1. The van der Waals surface area contributed by atoms with Gasteiger partial charge in [-0.15, -0.1) is 0 Å². The Balaban J connectivity index is 1.02. The molecule has 0 unspecified atom stereocenters. The molecule has 4 aromatic rings. The smallest absolute Gasteiger partial charge is 0.306 e. The standard InChI is InChI=1S/C45H64N4O3/c1-3-4-5-6-7-8-9-10-11-12-13-14-15-20-33-47-43(50)31-32-44(51)52-35-22-28-42(46)49(2)34-21-26-38-39-25-18-19-27-41(39)48-45-37-24-17-16-23-36(37)29-30-40(38)45/h16-19,23-25,27,29-30,46H,3-15,20-22,26,28,31-35H2,1-2H3,(H,47,50). The number of fused-ring (bicyclic) bond motifs is 4. The fourth-order valence-corrected chi connectivity index (χ4v) is 7.15. The normalized spacial score (nSPS) is 11.3. The molecular formula is C45H64N4O3. The molecule has 7 nitrogen and oxygen atoms in total. The highest BCUT2D eigenvalue weighted by Crippen LogP contribution is 2.32. The largest absolute Gasteiger partial charge is 0.466 e. The van der Waals surface area contributed by atoms with Crippen LogP contribution in [0.15, 0.2) is 60.7 Å². The number of esters is 1. The van der Waals surface area contributed by atoms with Crippen LogP contribution in [0.25, 0.3) is 32.6 Å². The van der Waals surface area contributed by atoms with E-state index in [0.29, 0.717) is 25.2 Å². The number of nitrogens with one attached hydrogen (secondary N) is 2. The van der Waals surface area contributed by atoms with E-state index in [1.165, 1.54) is 104 Å². The number of hydrogen-bond acceptors (Lipinski definition) is 5. The van der Waals surface area contributed by atoms with Crippen LogP contribution in [0, 0.1) is 5.41 Å². The SMILES string of the molecule is CCCCCCCCCCCCCCCCNC(=O)CCC(=O)OCCCC(=N)N(C)CCCc1c2ccccc2nc2c1ccc1ccccc12. The minimum absolute atomic E-state index is 0.0869. The van der Waals surface area contributed by atoms with Crippen LogP contribution in [0.2, 0.25) is 0 Å². The summed E-state index contributed by atoms with van der Waals surface area (Å²) < 4.78 is 5.36. The lowest BCUT2D eigenvalue weighted by Crippen LogP contribution is -2.27. The number of carbonyl (C=O) groups excluding carboxylic acids is 2. The first-order valence-electron chi connectivity index (χ1n) is 20.4. The number of aryl methyl sites for hydroxylation is 1. The Kier molecular flexibility index (Phi) is 18.5. The number of unbranched alkanes of at least 4 members (excludes halogenated alkanes) is 13. The van der Waals surface area contributed by atoms with Gasteiger partial charge in [-0.3, -0.25) is 15.0 Å². The number of rotatable bonds is 26. The minimum Gasteiger partial charge on any atom is -0.466 e. The average Bonchev–Trinajstić information content (AvgIpc) is 3.16. The first-order chi connectivity index (χ1) is 25.5. The molecule has 0 fully saturated rings. The van der Waals surface area contributed by atoms with Gasteiger partial charge in [0, 0.05) is 49.1 Å². The molecule has 1 amide bonds. The van der Waals surface area contributed by atoms with Crippen LogP contribution in [-0.4, -0.2) is 54.3 Å². The number of amidine groups is 1. The van der Waals surface area contributed by atoms with Gasteiger partial charge in [0.1, 0.15) is 0 Å². The van der Waals surface area contributed by atoms with E-state index in [4.69, 9.17) is 15.1 Å². The molecular weight excluding hydrogens is 645 g/mol. The maximum absolute atomic E-state index is 12.2. The highest BCUT2D eigenvalue weighted by molar-refractivity contribution is 6.10. The van der Waals surface area contributed by atoms with E-state index in [9.17, 15) is 9.59 Å². The molecule has 0 aliphatic carbocycles. The van der Waals surface area contributed by atoms with E-state index in [1.54, 1.807) is 0 Å². The van der Waals surface area contributed by atoms with Crippen LogP contribution < -0.4 is 5.32 Å². The number of benzene rings is 3. The predicted molar refractivity (Wildman–Crippen MR) is 218 cm³/mol. The van der Waals surface area contributed by atoms with Gasteiger partial charge in [-0.05, 0) is 42.7 Å². The molecule has 0 saturated carbocycles. The minimum atomic E-state index is -0.351. The van der Waals surface area contributed by atoms with Crippen LogP contribution in [-0.2, 0) is 20.7 Å². The number of pyridine rings is 1. The Bertz CT molecular complexity index is 1690. The Labute approximate surface area is 312 Å². The van der Waals surface area contributed by atoms with Crippen LogP contribution >= 0.6 is 0 Å². The van der Waals surface area contributed by atoms with Gasteiger partial charge in [-0.25, -0.2) is 4.98 Å². The van der Waals surface area contributed by atoms with Crippen LogP contribution in [0.5, 0.6) is 0 Å². The fraction of sp³-hybridized carbons (Fsp3) is 0.556. The van der Waals surface area contributed by atoms with E-state index >= 15 is 0 Å². The molecule has 52 heavy (non-hydrogen) atoms. The number of hydrogen-bond donors (Lipinski definition) is 2. The zero-order valence-electron chi connectivity index (χ0n) is 32.2. The van der Waals surface area contributed by atoms with Crippen LogP contribution in [0.1, 0.15) is 134 Å². The summed E-state index contributed by atoms with van der Waals surface area (Å²) in [5.74, 6) is 0.0987. The second-order valence-electron chi connectivity index (χ2n) is 14.5. The van der Waals surface area contributed by atoms with Crippen LogP contribution in [0.4, 0.5) is 0 Å². The lowest BCUT2D eigenvalue weighted by Gasteiger charge is -2.20. The Morgan fingerprint density at radius 3 is 2.04 bits per heavy atom. The van der Waals surface area contributed by atoms with Gasteiger partial charge in [-0.1, -0.05) is 145 Å². The summed E-state index contributed by atoms with van der Waals surface area (Å²) in [5.41, 5.74) is 3.36. The van der Waals surface area contributed by atoms with Crippen molar-refractivity contribution < 1.29 is 14.3 Å². The quantitative estimate of drug-likeness (QED) is 0.0169. The maximum Gasteiger partial charge on any atom is 0.306 e. The number of ether oxygens (including phenoxy) is 1. The van der Waals surface area contributed by atoms with Crippen molar-refractivity contribution in [1.82, 2.24) is 15.2 Å². The van der Waals surface area contributed by atoms with Crippen molar-refractivity contribution in [1.29, 1.82) is 5.41 Å². The number of carbonyl (C=O) groups is 2. The molecule has 1 aromatic heterocycles. The molecule has 3 aromatic carbocycles. The molecule has 0 bridgehead atoms. The van der Waals surface area contributed by atoms with Gasteiger partial charge in [0.2, 0.25) is 5.91 Å². The van der Waals surface area contributed by atoms with Crippen molar-refractivity contribution in [3.63, 3.8) is 0 Å². The van der Waals surface area contributed by atoms with Gasteiger partial charge in [0.15, 0.2) is 0 Å². The molecule has 1 heterocycles. The number of para-hydroxylation sites is 1. The maximum atomic E-state index is 12.2. The summed E-state index contributed by atoms with van der Waals surface area (Å²) in [4.78, 5) is 31.4. The lowest BCUT2D eigenvalue weighted by molar-refractivity contribution is -0.145. The molecule has 0 radical (unpaired) electrons. The van der Waals surface area contributed by atoms with E-state index in [0.717, 1.165) is 43.3 Å². The first-order valence-corrected chi connectivity index (χ1v) is 20.4. The highest BCUT2D eigenvalue weighted by atomic mass is 16.5. The van der Waals surface area contributed by atoms with Gasteiger partial charge >= 0.3 is 5.97 Å². The van der Waals surface area contributed by atoms with Crippen molar-refractivity contribution in [2.24, 2.45) is 0 Å². The van der Waals surface area contributed by atoms with Crippen molar-refractivity contribution in [2.45, 2.75) is 135 Å². The molecule has 0 atom stereocenters. The van der Waals surface area contributed by atoms with E-state index in [2.05, 4.69) is 66.8 Å². The van der Waals surface area contributed by atoms with E-state index in [-0.39, 0.29) is 31.3 Å². The zero-order chi connectivity index (χ0) is 36.8. The lowest BCUT2D eigenvalue weighted by atomic mass is 9.96. The van der Waals surface area contributed by atoms with Gasteiger partial charge < -0.3 is 15.0 Å². The second-order valence-corrected chi connectivity index (χ2v) is 14.5. The molecule has 282 valence electrons. The molecule has 4 rings (SSSR count). The Morgan fingerprint density at radius 1 is 0.692 bits per heavy atom. The molecule has 0 saturated heterocycles. The summed E-state index contributed by atoms with van der Waals surface area (Å²) in [6, 6.07) is 21.2. The van der Waals surface area contributed by atoms with Crippen molar-refractivity contribution in [2.75, 3.05) is 26.7 Å². The molecule has 2 N–H and O–H groups in total. The number of amides is 1. The summed E-state index contributed by atoms with van der Waals surface area (Å²) in [6.45, 7) is 3.97. The third kappa shape index (κ3) is 13.9. The fourth-order valence-electron chi connectivity index (χ4n) is 7.15. The van der Waals surface area contributed by atoms with Crippen molar-refractivity contribution in [3.05, 3.63) is 66.2 Å². The zero-order valence-corrected chi connectivity index (χ0v) is 32.2. The molecule has 7 heteroatoms. The molecule has 0 aliphatic heterocycles.